The Labute approximate surface area is 128 Å². The van der Waals surface area contributed by atoms with Gasteiger partial charge in [-0.3, -0.25) is 4.40 Å². The molecule has 0 spiro atoms. The SMILES string of the molecule is NC(Cc1cn2ccsc2n1)c1cc(Br)ccc1Cl. The van der Waals surface area contributed by atoms with Gasteiger partial charge in [-0.25, -0.2) is 4.98 Å². The van der Waals surface area contributed by atoms with Crippen LogP contribution in [-0.2, 0) is 6.42 Å². The number of aromatic nitrogens is 2. The Hall–Kier alpha value is -0.880. The number of hydrogen-bond acceptors (Lipinski definition) is 3. The number of nitrogens with two attached hydrogens (primary N) is 1. The zero-order valence-electron chi connectivity index (χ0n) is 9.88. The lowest BCUT2D eigenvalue weighted by Gasteiger charge is -2.12. The third kappa shape index (κ3) is 2.69. The minimum atomic E-state index is -0.158. The second-order valence-corrected chi connectivity index (χ2v) is 6.50. The van der Waals surface area contributed by atoms with Gasteiger partial charge in [0.1, 0.15) is 0 Å². The summed E-state index contributed by atoms with van der Waals surface area (Å²) >= 11 is 11.2. The summed E-state index contributed by atoms with van der Waals surface area (Å²) in [5, 5.41) is 2.70. The molecule has 2 aromatic heterocycles. The van der Waals surface area contributed by atoms with Crippen molar-refractivity contribution in [2.24, 2.45) is 5.73 Å². The molecule has 2 heterocycles. The van der Waals surface area contributed by atoms with E-state index < -0.39 is 0 Å². The van der Waals surface area contributed by atoms with Crippen molar-refractivity contribution in [3.05, 3.63) is 56.7 Å². The van der Waals surface area contributed by atoms with Crippen molar-refractivity contribution in [1.29, 1.82) is 0 Å². The van der Waals surface area contributed by atoms with Gasteiger partial charge in [-0.1, -0.05) is 27.5 Å². The Kier molecular flexibility index (Phi) is 3.62. The zero-order valence-corrected chi connectivity index (χ0v) is 13.0. The lowest BCUT2D eigenvalue weighted by Crippen LogP contribution is -2.14. The highest BCUT2D eigenvalue weighted by Gasteiger charge is 2.13. The molecule has 0 amide bonds. The molecule has 0 fully saturated rings. The van der Waals surface area contributed by atoms with Crippen LogP contribution in [0.4, 0.5) is 0 Å². The van der Waals surface area contributed by atoms with Gasteiger partial charge in [-0.05, 0) is 23.8 Å². The number of rotatable bonds is 3. The second kappa shape index (κ2) is 5.25. The van der Waals surface area contributed by atoms with E-state index in [-0.39, 0.29) is 6.04 Å². The molecule has 1 unspecified atom stereocenters. The molecule has 2 N–H and O–H groups in total. The van der Waals surface area contributed by atoms with Gasteiger partial charge in [-0.15, -0.1) is 11.3 Å². The fourth-order valence-electron chi connectivity index (χ4n) is 2.01. The minimum Gasteiger partial charge on any atom is -0.324 e. The molecule has 0 saturated heterocycles. The molecule has 0 bridgehead atoms. The third-order valence-electron chi connectivity index (χ3n) is 2.93. The first kappa shape index (κ1) is 13.1. The molecule has 3 rings (SSSR count). The van der Waals surface area contributed by atoms with Crippen LogP contribution in [0.3, 0.4) is 0 Å². The van der Waals surface area contributed by atoms with Crippen molar-refractivity contribution in [2.45, 2.75) is 12.5 Å². The van der Waals surface area contributed by atoms with E-state index >= 15 is 0 Å². The molecule has 0 aliphatic rings. The molecule has 1 atom stereocenters. The smallest absolute Gasteiger partial charge is 0.193 e. The van der Waals surface area contributed by atoms with Crippen LogP contribution in [-0.4, -0.2) is 9.38 Å². The Morgan fingerprint density at radius 1 is 1.47 bits per heavy atom. The lowest BCUT2D eigenvalue weighted by molar-refractivity contribution is 0.710. The van der Waals surface area contributed by atoms with Crippen molar-refractivity contribution in [1.82, 2.24) is 9.38 Å². The monoisotopic (exact) mass is 355 g/mol. The average molecular weight is 357 g/mol. The fraction of sp³-hybridized carbons (Fsp3) is 0.154. The van der Waals surface area contributed by atoms with E-state index in [1.165, 1.54) is 0 Å². The molecule has 19 heavy (non-hydrogen) atoms. The standard InChI is InChI=1S/C13H11BrClN3S/c14-8-1-2-11(15)10(5-8)12(16)6-9-7-18-3-4-19-13(18)17-9/h1-5,7,12H,6,16H2. The first-order chi connectivity index (χ1) is 9.13. The fourth-order valence-corrected chi connectivity index (χ4v) is 3.36. The minimum absolute atomic E-state index is 0.158. The third-order valence-corrected chi connectivity index (χ3v) is 4.54. The van der Waals surface area contributed by atoms with Crippen molar-refractivity contribution < 1.29 is 0 Å². The Morgan fingerprint density at radius 2 is 2.32 bits per heavy atom. The zero-order chi connectivity index (χ0) is 13.4. The average Bonchev–Trinajstić information content (AvgIpc) is 2.92. The van der Waals surface area contributed by atoms with Crippen LogP contribution < -0.4 is 5.73 Å². The highest BCUT2D eigenvalue weighted by Crippen LogP contribution is 2.27. The molecule has 1 aromatic carbocycles. The first-order valence-corrected chi connectivity index (χ1v) is 7.80. The van der Waals surface area contributed by atoms with Gasteiger partial charge >= 0.3 is 0 Å². The molecule has 3 nitrogen and oxygen atoms in total. The molecule has 0 aliphatic carbocycles. The number of nitrogens with zero attached hydrogens (tertiary/aromatic N) is 2. The predicted molar refractivity (Wildman–Crippen MR) is 82.9 cm³/mol. The normalized spacial score (nSPS) is 13.0. The molecular weight excluding hydrogens is 346 g/mol. The maximum Gasteiger partial charge on any atom is 0.193 e. The summed E-state index contributed by atoms with van der Waals surface area (Å²) < 4.78 is 2.99. The van der Waals surface area contributed by atoms with Crippen LogP contribution in [0.2, 0.25) is 5.02 Å². The summed E-state index contributed by atoms with van der Waals surface area (Å²) in [6.07, 6.45) is 4.68. The summed E-state index contributed by atoms with van der Waals surface area (Å²) in [4.78, 5) is 5.53. The van der Waals surface area contributed by atoms with Gasteiger partial charge in [0.05, 0.1) is 5.69 Å². The van der Waals surface area contributed by atoms with Gasteiger partial charge in [-0.2, -0.15) is 0 Å². The van der Waals surface area contributed by atoms with E-state index in [0.29, 0.717) is 11.4 Å². The molecule has 3 aromatic rings. The second-order valence-electron chi connectivity index (χ2n) is 4.30. The number of hydrogen-bond donors (Lipinski definition) is 1. The summed E-state index contributed by atoms with van der Waals surface area (Å²) in [6.45, 7) is 0. The first-order valence-electron chi connectivity index (χ1n) is 5.75. The van der Waals surface area contributed by atoms with E-state index in [1.807, 2.05) is 40.4 Å². The lowest BCUT2D eigenvalue weighted by atomic mass is 10.0. The number of benzene rings is 1. The van der Waals surface area contributed by atoms with E-state index in [9.17, 15) is 0 Å². The number of fused-ring (bicyclic) bond motifs is 1. The van der Waals surface area contributed by atoms with Gasteiger partial charge in [0.25, 0.3) is 0 Å². The van der Waals surface area contributed by atoms with Gasteiger partial charge < -0.3 is 5.73 Å². The van der Waals surface area contributed by atoms with Crippen LogP contribution in [0, 0.1) is 0 Å². The van der Waals surface area contributed by atoms with Crippen LogP contribution in [0.15, 0.2) is 40.4 Å². The maximum atomic E-state index is 6.24. The number of imidazole rings is 1. The van der Waals surface area contributed by atoms with Crippen molar-refractivity contribution in [2.75, 3.05) is 0 Å². The summed E-state index contributed by atoms with van der Waals surface area (Å²) in [6, 6.07) is 5.57. The summed E-state index contributed by atoms with van der Waals surface area (Å²) in [5.74, 6) is 0. The molecule has 6 heteroatoms. The van der Waals surface area contributed by atoms with Crippen molar-refractivity contribution in [3.63, 3.8) is 0 Å². The van der Waals surface area contributed by atoms with Crippen LogP contribution in [0.1, 0.15) is 17.3 Å². The highest BCUT2D eigenvalue weighted by molar-refractivity contribution is 9.10. The quantitative estimate of drug-likeness (QED) is 0.769. The number of thiazole rings is 1. The van der Waals surface area contributed by atoms with Crippen LogP contribution >= 0.6 is 38.9 Å². The van der Waals surface area contributed by atoms with Gasteiger partial charge in [0.15, 0.2) is 4.96 Å². The Morgan fingerprint density at radius 3 is 3.11 bits per heavy atom. The van der Waals surface area contributed by atoms with Crippen molar-refractivity contribution in [3.8, 4) is 0 Å². The molecular formula is C13H11BrClN3S. The Bertz CT molecular complexity index is 693. The topological polar surface area (TPSA) is 43.3 Å². The van der Waals surface area contributed by atoms with E-state index in [2.05, 4.69) is 20.9 Å². The highest BCUT2D eigenvalue weighted by atomic mass is 79.9. The van der Waals surface area contributed by atoms with Crippen molar-refractivity contribution >= 4 is 43.8 Å². The molecule has 0 radical (unpaired) electrons. The molecule has 98 valence electrons. The van der Waals surface area contributed by atoms with E-state index in [0.717, 1.165) is 20.7 Å². The summed E-state index contributed by atoms with van der Waals surface area (Å²) in [5.41, 5.74) is 8.16. The van der Waals surface area contributed by atoms with Crippen LogP contribution in [0.25, 0.3) is 4.96 Å². The van der Waals surface area contributed by atoms with Gasteiger partial charge in [0, 0.05) is 39.7 Å². The predicted octanol–water partition coefficient (Wildman–Crippen LogP) is 4.05. The summed E-state index contributed by atoms with van der Waals surface area (Å²) in [7, 11) is 0. The Balaban J connectivity index is 1.86. The maximum absolute atomic E-state index is 6.24. The molecule has 0 aliphatic heterocycles. The molecule has 0 saturated carbocycles. The van der Waals surface area contributed by atoms with E-state index in [1.54, 1.807) is 11.3 Å². The van der Waals surface area contributed by atoms with E-state index in [4.69, 9.17) is 17.3 Å². The number of halogens is 2. The largest absolute Gasteiger partial charge is 0.324 e. The van der Waals surface area contributed by atoms with Crippen LogP contribution in [0.5, 0.6) is 0 Å². The van der Waals surface area contributed by atoms with Gasteiger partial charge in [0.2, 0.25) is 0 Å².